The number of hydrogen-bond acceptors (Lipinski definition) is 9. The van der Waals surface area contributed by atoms with E-state index in [-0.39, 0.29) is 44.3 Å². The first-order valence-corrected chi connectivity index (χ1v) is 21.1. The highest BCUT2D eigenvalue weighted by molar-refractivity contribution is 5.95. The zero-order valence-corrected chi connectivity index (χ0v) is 36.5. The molecule has 344 valence electrons. The van der Waals surface area contributed by atoms with Gasteiger partial charge in [0.1, 0.15) is 34.9 Å². The lowest BCUT2D eigenvalue weighted by Crippen LogP contribution is -2.48. The van der Waals surface area contributed by atoms with E-state index in [0.717, 1.165) is 43.8 Å². The molecular weight excluding hydrogens is 815 g/mol. The van der Waals surface area contributed by atoms with Crippen LogP contribution in [0.1, 0.15) is 88.3 Å². The first-order valence-electron chi connectivity index (χ1n) is 21.1. The number of rotatable bonds is 25. The van der Waals surface area contributed by atoms with Crippen LogP contribution in [0.2, 0.25) is 0 Å². The van der Waals surface area contributed by atoms with Crippen LogP contribution in [-0.4, -0.2) is 80.3 Å². The molecule has 17 heteroatoms. The van der Waals surface area contributed by atoms with Gasteiger partial charge in [-0.15, -0.1) is 0 Å². The van der Waals surface area contributed by atoms with E-state index in [1.54, 1.807) is 55.5 Å². The van der Waals surface area contributed by atoms with Crippen molar-refractivity contribution in [2.75, 3.05) is 39.4 Å². The lowest BCUT2D eigenvalue weighted by molar-refractivity contribution is -0.129. The second-order valence-corrected chi connectivity index (χ2v) is 14.1. The van der Waals surface area contributed by atoms with Crippen molar-refractivity contribution in [1.82, 2.24) is 26.6 Å². The number of ether oxygens (including phenoxy) is 2. The van der Waals surface area contributed by atoms with Crippen LogP contribution < -0.4 is 42.8 Å². The summed E-state index contributed by atoms with van der Waals surface area (Å²) in [6, 6.07) is 15.7. The number of nitrogens with one attached hydrogen (secondary N) is 5. The monoisotopic (exact) mass is 878 g/mol. The molecule has 5 amide bonds. The number of guanidine groups is 1. The normalized spacial score (nSPS) is 11.9. The molecule has 63 heavy (non-hydrogen) atoms. The molecule has 2 unspecified atom stereocenters. The topological polar surface area (TPSA) is 232 Å². The van der Waals surface area contributed by atoms with E-state index in [0.29, 0.717) is 36.4 Å². The van der Waals surface area contributed by atoms with Crippen LogP contribution in [0.5, 0.6) is 11.5 Å². The number of aliphatic imine (C=N–C) groups is 1. The molecular formula is C46H64F2N8O7. The molecule has 3 aromatic rings. The van der Waals surface area contributed by atoms with Crippen LogP contribution in [0.15, 0.2) is 96.2 Å². The van der Waals surface area contributed by atoms with Gasteiger partial charge in [0.15, 0.2) is 5.96 Å². The molecule has 0 heterocycles. The van der Waals surface area contributed by atoms with Crippen LogP contribution >= 0.6 is 0 Å². The number of urea groups is 1. The van der Waals surface area contributed by atoms with Gasteiger partial charge < -0.3 is 47.3 Å². The van der Waals surface area contributed by atoms with Gasteiger partial charge in [0.25, 0.3) is 0 Å². The summed E-state index contributed by atoms with van der Waals surface area (Å²) in [5.41, 5.74) is 12.2. The molecule has 0 aliphatic rings. The summed E-state index contributed by atoms with van der Waals surface area (Å²) < 4.78 is 40.0. The Labute approximate surface area is 369 Å². The van der Waals surface area contributed by atoms with Crippen molar-refractivity contribution in [3.8, 4) is 11.5 Å². The summed E-state index contributed by atoms with van der Waals surface area (Å²) in [5, 5.41) is 22.3. The number of carbonyl (C=O) groups excluding carboxylic acids is 4. The molecule has 15 nitrogen and oxygen atoms in total. The van der Waals surface area contributed by atoms with Crippen molar-refractivity contribution < 1.29 is 42.5 Å². The molecule has 0 saturated heterocycles. The van der Waals surface area contributed by atoms with Crippen LogP contribution in [0.25, 0.3) is 0 Å². The first kappa shape index (κ1) is 52.6. The largest absolute Gasteiger partial charge is 0.508 e. The van der Waals surface area contributed by atoms with Crippen LogP contribution in [0, 0.1) is 11.6 Å². The molecule has 0 saturated carbocycles. The molecule has 0 aliphatic carbocycles. The summed E-state index contributed by atoms with van der Waals surface area (Å²) >= 11 is 0. The Hall–Kier alpha value is -6.49. The van der Waals surface area contributed by atoms with Gasteiger partial charge in [0.2, 0.25) is 17.7 Å². The quantitative estimate of drug-likeness (QED) is 0.0176. The number of nitrogens with zero attached hydrogens (tertiary/aromatic N) is 1. The molecule has 0 bridgehead atoms. The Balaban J connectivity index is 0.00000121. The van der Waals surface area contributed by atoms with E-state index < -0.39 is 59.3 Å². The molecule has 0 radical (unpaired) electrons. The Morgan fingerprint density at radius 3 is 2.24 bits per heavy atom. The molecule has 0 aliphatic heterocycles. The third-order valence-corrected chi connectivity index (χ3v) is 9.02. The van der Waals surface area contributed by atoms with Gasteiger partial charge in [0, 0.05) is 50.3 Å². The minimum absolute atomic E-state index is 0.0318. The molecule has 3 rings (SSSR count). The fraction of sp³-hybridized carbons (Fsp3) is 0.413. The average molecular weight is 879 g/mol. The van der Waals surface area contributed by atoms with Gasteiger partial charge in [-0.3, -0.25) is 24.7 Å². The number of carbonyl (C=O) groups is 4. The molecule has 0 fully saturated rings. The average Bonchev–Trinajstić information content (AvgIpc) is 3.25. The maximum atomic E-state index is 14.4. The number of allylic oxidation sites excluding steroid dienone is 2. The minimum Gasteiger partial charge on any atom is -0.508 e. The number of aromatic hydroxyl groups is 1. The third kappa shape index (κ3) is 21.2. The lowest BCUT2D eigenvalue weighted by atomic mass is 9.90. The zero-order chi connectivity index (χ0) is 46.4. The highest BCUT2D eigenvalue weighted by Gasteiger charge is 2.28. The highest BCUT2D eigenvalue weighted by Crippen LogP contribution is 2.28. The van der Waals surface area contributed by atoms with Gasteiger partial charge in [-0.1, -0.05) is 75.4 Å². The molecule has 0 aromatic heterocycles. The summed E-state index contributed by atoms with van der Waals surface area (Å²) in [7, 11) is 0. The number of unbranched alkanes of at least 4 members (excludes halogenated alkanes) is 2. The van der Waals surface area contributed by atoms with Crippen LogP contribution in [-0.2, 0) is 25.7 Å². The van der Waals surface area contributed by atoms with Crippen molar-refractivity contribution in [3.05, 3.63) is 120 Å². The fourth-order valence-electron chi connectivity index (χ4n) is 5.72. The Morgan fingerprint density at radius 1 is 0.873 bits per heavy atom. The van der Waals surface area contributed by atoms with Crippen LogP contribution in [0.3, 0.4) is 0 Å². The number of halogens is 2. The van der Waals surface area contributed by atoms with Gasteiger partial charge >= 0.3 is 6.03 Å². The molecule has 0 spiro atoms. The number of hydrogen-bond donors (Lipinski definition) is 8. The number of amides is 5. The van der Waals surface area contributed by atoms with E-state index in [9.17, 15) is 33.1 Å². The second kappa shape index (κ2) is 30.5. The number of benzene rings is 3. The number of phenolic OH excluding ortho intramolecular Hbond substituents is 1. The summed E-state index contributed by atoms with van der Waals surface area (Å²) in [4.78, 5) is 55.1. The van der Waals surface area contributed by atoms with Gasteiger partial charge in [-0.2, -0.15) is 0 Å². The van der Waals surface area contributed by atoms with Gasteiger partial charge in [-0.05, 0) is 74.9 Å². The van der Waals surface area contributed by atoms with Crippen molar-refractivity contribution in [1.29, 1.82) is 0 Å². The van der Waals surface area contributed by atoms with E-state index in [2.05, 4.69) is 45.1 Å². The Kier molecular flexibility index (Phi) is 25.5. The van der Waals surface area contributed by atoms with E-state index in [1.807, 2.05) is 25.1 Å². The minimum atomic E-state index is -1.18. The van der Waals surface area contributed by atoms with Crippen LogP contribution in [0.4, 0.5) is 13.6 Å². The standard InChI is InChI=1S/C37H48F2N8O6.C9H16O/c1-2-32(49)42-17-18-44-37(52)47-36(41)43-16-9-14-31(34(50)45-23-28-29(38)21-26(48)22-30(28)39)46-35(51)33(24-10-4-3-5-11-24)25-12-8-13-27(20-25)53-19-7-6-15-40;1-4-6-8-10-9(3)7-5-2/h3-5,8,10-13,20-22,31,33,48H,2,6-7,9,14-19,23,40H2,1H3,(H,42,49)(H,45,50)(H,46,51)(H4,41,43,44,47,52);5,7H,3-4,6,8H2,1-2H3/b;7-5-. The number of phenols is 1. The predicted octanol–water partition coefficient (Wildman–Crippen LogP) is 5.53. The lowest BCUT2D eigenvalue weighted by Gasteiger charge is -2.23. The maximum Gasteiger partial charge on any atom is 0.321 e. The van der Waals surface area contributed by atoms with E-state index >= 15 is 0 Å². The third-order valence-electron chi connectivity index (χ3n) is 9.02. The molecule has 10 N–H and O–H groups in total. The summed E-state index contributed by atoms with van der Waals surface area (Å²) in [5.74, 6) is -3.85. The first-order chi connectivity index (χ1) is 30.3. The Bertz CT molecular complexity index is 1930. The van der Waals surface area contributed by atoms with E-state index in [4.69, 9.17) is 20.9 Å². The van der Waals surface area contributed by atoms with E-state index in [1.165, 1.54) is 6.42 Å². The number of nitrogens with two attached hydrogens (primary N) is 2. The van der Waals surface area contributed by atoms with Gasteiger partial charge in [-0.25, -0.2) is 13.6 Å². The van der Waals surface area contributed by atoms with Crippen molar-refractivity contribution >= 4 is 29.7 Å². The summed E-state index contributed by atoms with van der Waals surface area (Å²) in [6.45, 7) is 11.2. The fourth-order valence-corrected chi connectivity index (χ4v) is 5.72. The SMILES string of the molecule is C=C(/C=C\C)OCCCC.CCC(=O)NCCNC(=O)NC(N)=NCCCC(NC(=O)C(c1ccccc1)c1cccc(OCCCCN)c1)C(=O)NCc1c(F)cc(O)cc1F. The van der Waals surface area contributed by atoms with Gasteiger partial charge in [0.05, 0.1) is 19.1 Å². The highest BCUT2D eigenvalue weighted by atomic mass is 19.1. The second-order valence-electron chi connectivity index (χ2n) is 14.1. The van der Waals surface area contributed by atoms with Crippen molar-refractivity contribution in [2.24, 2.45) is 16.5 Å². The summed E-state index contributed by atoms with van der Waals surface area (Å²) in [6.07, 6.45) is 8.19. The molecule has 3 aromatic carbocycles. The van der Waals surface area contributed by atoms with Crippen molar-refractivity contribution in [2.45, 2.75) is 84.2 Å². The maximum absolute atomic E-state index is 14.4. The smallest absolute Gasteiger partial charge is 0.321 e. The predicted molar refractivity (Wildman–Crippen MR) is 241 cm³/mol. The van der Waals surface area contributed by atoms with Crippen molar-refractivity contribution in [3.63, 3.8) is 0 Å². The Morgan fingerprint density at radius 2 is 1.57 bits per heavy atom. The zero-order valence-electron chi connectivity index (χ0n) is 36.5. The molecule has 2 atom stereocenters.